The Kier molecular flexibility index (Phi) is 6.45. The van der Waals surface area contributed by atoms with Crippen molar-refractivity contribution in [3.63, 3.8) is 0 Å². The van der Waals surface area contributed by atoms with Crippen LogP contribution in [-0.4, -0.2) is 28.4 Å². The minimum atomic E-state index is -0.114. The van der Waals surface area contributed by atoms with E-state index in [0.717, 1.165) is 16.8 Å². The van der Waals surface area contributed by atoms with Gasteiger partial charge in [-0.2, -0.15) is 5.26 Å². The van der Waals surface area contributed by atoms with Crippen LogP contribution >= 0.6 is 11.8 Å². The van der Waals surface area contributed by atoms with E-state index in [0.29, 0.717) is 17.7 Å². The highest BCUT2D eigenvalue weighted by Gasteiger charge is 2.18. The first kappa shape index (κ1) is 19.6. The highest BCUT2D eigenvalue weighted by atomic mass is 32.2. The van der Waals surface area contributed by atoms with Gasteiger partial charge in [-0.15, -0.1) is 10.2 Å². The van der Waals surface area contributed by atoms with E-state index in [1.54, 1.807) is 4.90 Å². The van der Waals surface area contributed by atoms with Crippen molar-refractivity contribution in [3.8, 4) is 17.5 Å². The summed E-state index contributed by atoms with van der Waals surface area (Å²) in [6.07, 6.45) is 0.267. The SMILES string of the molecule is Cc1ccc(-c2nnc(SCC(=O)N(CCC#N)c3ccccc3)o2)cc1C. The van der Waals surface area contributed by atoms with E-state index in [2.05, 4.69) is 16.3 Å². The third-order valence-corrected chi connectivity index (χ3v) is 5.10. The second kappa shape index (κ2) is 9.20. The summed E-state index contributed by atoms with van der Waals surface area (Å²) < 4.78 is 5.70. The molecule has 7 heteroatoms. The number of nitrogens with zero attached hydrogens (tertiary/aromatic N) is 4. The molecule has 142 valence electrons. The van der Waals surface area contributed by atoms with Crippen LogP contribution < -0.4 is 4.90 Å². The van der Waals surface area contributed by atoms with Gasteiger partial charge in [-0.05, 0) is 49.2 Å². The molecule has 6 nitrogen and oxygen atoms in total. The average molecular weight is 392 g/mol. The summed E-state index contributed by atoms with van der Waals surface area (Å²) in [5, 5.41) is 17.3. The Morgan fingerprint density at radius 3 is 2.64 bits per heavy atom. The van der Waals surface area contributed by atoms with Gasteiger partial charge in [0.1, 0.15) is 0 Å². The smallest absolute Gasteiger partial charge is 0.277 e. The third kappa shape index (κ3) is 4.78. The van der Waals surface area contributed by atoms with Crippen LogP contribution in [-0.2, 0) is 4.79 Å². The lowest BCUT2D eigenvalue weighted by Gasteiger charge is -2.21. The number of carbonyl (C=O) groups excluding carboxylic acids is 1. The van der Waals surface area contributed by atoms with Gasteiger partial charge in [0, 0.05) is 17.8 Å². The molecule has 2 aromatic carbocycles. The first-order chi connectivity index (χ1) is 13.6. The summed E-state index contributed by atoms with van der Waals surface area (Å²) in [5.74, 6) is 0.467. The molecule has 0 atom stereocenters. The predicted molar refractivity (Wildman–Crippen MR) is 109 cm³/mol. The number of amides is 1. The van der Waals surface area contributed by atoms with Crippen LogP contribution in [0.2, 0.25) is 0 Å². The maximum atomic E-state index is 12.7. The maximum absolute atomic E-state index is 12.7. The molecule has 3 rings (SSSR count). The lowest BCUT2D eigenvalue weighted by Crippen LogP contribution is -2.33. The number of para-hydroxylation sites is 1. The normalized spacial score (nSPS) is 10.5. The number of aromatic nitrogens is 2. The fourth-order valence-electron chi connectivity index (χ4n) is 2.63. The number of benzene rings is 2. The molecule has 0 aliphatic heterocycles. The van der Waals surface area contributed by atoms with Crippen LogP contribution in [0.1, 0.15) is 17.5 Å². The number of anilines is 1. The summed E-state index contributed by atoms with van der Waals surface area (Å²) in [5.41, 5.74) is 3.97. The monoisotopic (exact) mass is 392 g/mol. The summed E-state index contributed by atoms with van der Waals surface area (Å²) in [6, 6.07) is 17.4. The Balaban J connectivity index is 1.67. The molecule has 3 aromatic rings. The van der Waals surface area contributed by atoms with Crippen molar-refractivity contribution >= 4 is 23.4 Å². The fourth-order valence-corrected chi connectivity index (χ4v) is 3.27. The first-order valence-electron chi connectivity index (χ1n) is 8.85. The Hall–Kier alpha value is -3.11. The first-order valence-corrected chi connectivity index (χ1v) is 9.83. The molecule has 28 heavy (non-hydrogen) atoms. The van der Waals surface area contributed by atoms with Crippen LogP contribution in [0.4, 0.5) is 5.69 Å². The number of rotatable bonds is 7. The molecule has 0 aliphatic carbocycles. The van der Waals surface area contributed by atoms with E-state index in [9.17, 15) is 4.79 Å². The van der Waals surface area contributed by atoms with Crippen molar-refractivity contribution in [2.24, 2.45) is 0 Å². The standard InChI is InChI=1S/C21H20N4O2S/c1-15-9-10-17(13-16(15)2)20-23-24-21(27-20)28-14-19(26)25(12-6-11-22)18-7-4-3-5-8-18/h3-5,7-10,13H,6,12,14H2,1-2H3. The Morgan fingerprint density at radius 2 is 1.93 bits per heavy atom. The predicted octanol–water partition coefficient (Wildman–Crippen LogP) is 4.39. The van der Waals surface area contributed by atoms with Crippen LogP contribution in [0.5, 0.6) is 0 Å². The van der Waals surface area contributed by atoms with Gasteiger partial charge in [0.05, 0.1) is 18.2 Å². The van der Waals surface area contributed by atoms with Gasteiger partial charge in [0.25, 0.3) is 5.22 Å². The van der Waals surface area contributed by atoms with Crippen molar-refractivity contribution in [2.75, 3.05) is 17.2 Å². The molecule has 0 bridgehead atoms. The second-order valence-electron chi connectivity index (χ2n) is 6.25. The number of nitriles is 1. The quantitative estimate of drug-likeness (QED) is 0.555. The van der Waals surface area contributed by atoms with Crippen LogP contribution in [0.25, 0.3) is 11.5 Å². The fraction of sp³-hybridized carbons (Fsp3) is 0.238. The number of hydrogen-bond acceptors (Lipinski definition) is 6. The molecular weight excluding hydrogens is 372 g/mol. The number of aryl methyl sites for hydroxylation is 2. The third-order valence-electron chi connectivity index (χ3n) is 4.30. The topological polar surface area (TPSA) is 83.0 Å². The molecule has 0 spiro atoms. The van der Waals surface area contributed by atoms with Crippen LogP contribution in [0, 0.1) is 25.2 Å². The molecule has 0 N–H and O–H groups in total. The van der Waals surface area contributed by atoms with Gasteiger partial charge in [0.15, 0.2) is 0 Å². The van der Waals surface area contributed by atoms with E-state index in [1.165, 1.54) is 17.3 Å². The van der Waals surface area contributed by atoms with E-state index in [1.807, 2.05) is 62.4 Å². The van der Waals surface area contributed by atoms with E-state index < -0.39 is 0 Å². The Labute approximate surface area is 168 Å². The highest BCUT2D eigenvalue weighted by molar-refractivity contribution is 7.99. The summed E-state index contributed by atoms with van der Waals surface area (Å²) in [4.78, 5) is 14.3. The van der Waals surface area contributed by atoms with Crippen molar-refractivity contribution in [1.29, 1.82) is 5.26 Å². The molecule has 1 heterocycles. The zero-order chi connectivity index (χ0) is 19.9. The molecule has 1 amide bonds. The molecule has 0 aliphatic rings. The van der Waals surface area contributed by atoms with Gasteiger partial charge in [-0.3, -0.25) is 4.79 Å². The van der Waals surface area contributed by atoms with E-state index in [-0.39, 0.29) is 18.1 Å². The molecule has 0 saturated carbocycles. The zero-order valence-corrected chi connectivity index (χ0v) is 16.6. The highest BCUT2D eigenvalue weighted by Crippen LogP contribution is 2.25. The number of carbonyl (C=O) groups is 1. The second-order valence-corrected chi connectivity index (χ2v) is 7.18. The number of thioether (sulfide) groups is 1. The Bertz CT molecular complexity index is 995. The molecule has 0 saturated heterocycles. The van der Waals surface area contributed by atoms with Gasteiger partial charge in [-0.1, -0.05) is 36.0 Å². The summed E-state index contributed by atoms with van der Waals surface area (Å²) in [7, 11) is 0. The van der Waals surface area contributed by atoms with Gasteiger partial charge in [-0.25, -0.2) is 0 Å². The van der Waals surface area contributed by atoms with Gasteiger partial charge >= 0.3 is 0 Å². The lowest BCUT2D eigenvalue weighted by atomic mass is 10.1. The van der Waals surface area contributed by atoms with Crippen molar-refractivity contribution in [3.05, 3.63) is 59.7 Å². The lowest BCUT2D eigenvalue weighted by molar-refractivity contribution is -0.116. The van der Waals surface area contributed by atoms with Crippen molar-refractivity contribution in [1.82, 2.24) is 10.2 Å². The molecule has 0 unspecified atom stereocenters. The minimum absolute atomic E-state index is 0.114. The molecule has 0 radical (unpaired) electrons. The Morgan fingerprint density at radius 1 is 1.14 bits per heavy atom. The summed E-state index contributed by atoms with van der Waals surface area (Å²) in [6.45, 7) is 4.42. The van der Waals surface area contributed by atoms with Crippen LogP contribution in [0.15, 0.2) is 58.2 Å². The zero-order valence-electron chi connectivity index (χ0n) is 15.8. The van der Waals surface area contributed by atoms with Crippen LogP contribution in [0.3, 0.4) is 0 Å². The minimum Gasteiger partial charge on any atom is -0.411 e. The largest absolute Gasteiger partial charge is 0.411 e. The van der Waals surface area contributed by atoms with Gasteiger partial charge < -0.3 is 9.32 Å². The van der Waals surface area contributed by atoms with E-state index in [4.69, 9.17) is 9.68 Å². The number of hydrogen-bond donors (Lipinski definition) is 0. The average Bonchev–Trinajstić information content (AvgIpc) is 3.18. The van der Waals surface area contributed by atoms with Crippen molar-refractivity contribution in [2.45, 2.75) is 25.5 Å². The van der Waals surface area contributed by atoms with Gasteiger partial charge in [0.2, 0.25) is 11.8 Å². The van der Waals surface area contributed by atoms with E-state index >= 15 is 0 Å². The van der Waals surface area contributed by atoms with Crippen molar-refractivity contribution < 1.29 is 9.21 Å². The maximum Gasteiger partial charge on any atom is 0.277 e. The molecule has 1 aromatic heterocycles. The molecule has 0 fully saturated rings. The molecular formula is C21H20N4O2S. The summed E-state index contributed by atoms with van der Waals surface area (Å²) >= 11 is 1.19.